The first-order valence-electron chi connectivity index (χ1n) is 7.80. The largest absolute Gasteiger partial charge is 0.309 e. The van der Waals surface area contributed by atoms with Crippen molar-refractivity contribution >= 4 is 0 Å². The Labute approximate surface area is 116 Å². The maximum atomic E-state index is 3.78. The van der Waals surface area contributed by atoms with Crippen molar-refractivity contribution in [1.82, 2.24) is 10.2 Å². The van der Waals surface area contributed by atoms with E-state index < -0.39 is 0 Å². The summed E-state index contributed by atoms with van der Waals surface area (Å²) >= 11 is 0. The molecule has 1 heterocycles. The fourth-order valence-corrected chi connectivity index (χ4v) is 3.96. The Kier molecular flexibility index (Phi) is 2.71. The van der Waals surface area contributed by atoms with Gasteiger partial charge in [-0.05, 0) is 37.7 Å². The monoisotopic (exact) mass is 256 g/mol. The van der Waals surface area contributed by atoms with Crippen LogP contribution in [0.25, 0.3) is 0 Å². The predicted molar refractivity (Wildman–Crippen MR) is 78.3 cm³/mol. The predicted octanol–water partition coefficient (Wildman–Crippen LogP) is 2.62. The minimum Gasteiger partial charge on any atom is -0.309 e. The van der Waals surface area contributed by atoms with E-state index in [1.165, 1.54) is 38.9 Å². The van der Waals surface area contributed by atoms with Crippen molar-refractivity contribution < 1.29 is 0 Å². The molecule has 2 nitrogen and oxygen atoms in total. The zero-order valence-electron chi connectivity index (χ0n) is 11.8. The summed E-state index contributed by atoms with van der Waals surface area (Å²) in [7, 11) is 0. The van der Waals surface area contributed by atoms with Crippen LogP contribution in [0.15, 0.2) is 30.3 Å². The second-order valence-corrected chi connectivity index (χ2v) is 6.91. The first-order valence-corrected chi connectivity index (χ1v) is 7.80. The van der Waals surface area contributed by atoms with E-state index in [1.54, 1.807) is 5.56 Å². The zero-order valence-corrected chi connectivity index (χ0v) is 11.8. The Balaban J connectivity index is 1.44. The van der Waals surface area contributed by atoms with Crippen molar-refractivity contribution in [3.63, 3.8) is 0 Å². The Morgan fingerprint density at radius 3 is 2.74 bits per heavy atom. The summed E-state index contributed by atoms with van der Waals surface area (Å²) in [6, 6.07) is 11.9. The van der Waals surface area contributed by atoms with Gasteiger partial charge >= 0.3 is 0 Å². The molecule has 3 atom stereocenters. The summed E-state index contributed by atoms with van der Waals surface area (Å²) in [5.41, 5.74) is 1.93. The third-order valence-corrected chi connectivity index (χ3v) is 5.39. The van der Waals surface area contributed by atoms with Gasteiger partial charge < -0.3 is 5.32 Å². The number of benzene rings is 1. The molecule has 1 N–H and O–H groups in total. The van der Waals surface area contributed by atoms with Crippen molar-refractivity contribution in [1.29, 1.82) is 0 Å². The molecule has 2 saturated carbocycles. The van der Waals surface area contributed by atoms with Crippen LogP contribution in [0.2, 0.25) is 0 Å². The van der Waals surface area contributed by atoms with Crippen LogP contribution < -0.4 is 5.32 Å². The molecule has 102 valence electrons. The van der Waals surface area contributed by atoms with Crippen LogP contribution in [-0.4, -0.2) is 36.1 Å². The van der Waals surface area contributed by atoms with Gasteiger partial charge in [0, 0.05) is 37.1 Å². The van der Waals surface area contributed by atoms with E-state index in [-0.39, 0.29) is 0 Å². The number of nitrogens with zero attached hydrogens (tertiary/aromatic N) is 1. The highest BCUT2D eigenvalue weighted by molar-refractivity contribution is 5.28. The van der Waals surface area contributed by atoms with E-state index >= 15 is 0 Å². The SMILES string of the molecule is CC1(C2CC2)CN(C2CC2c2ccccc2)CCN1. The Morgan fingerprint density at radius 1 is 1.21 bits per heavy atom. The van der Waals surface area contributed by atoms with E-state index in [0.717, 1.165) is 17.9 Å². The van der Waals surface area contributed by atoms with Crippen molar-refractivity contribution in [2.45, 2.75) is 43.7 Å². The third kappa shape index (κ3) is 2.21. The van der Waals surface area contributed by atoms with Gasteiger partial charge in [-0.2, -0.15) is 0 Å². The van der Waals surface area contributed by atoms with Gasteiger partial charge in [0.2, 0.25) is 0 Å². The maximum Gasteiger partial charge on any atom is 0.0309 e. The lowest BCUT2D eigenvalue weighted by Gasteiger charge is -2.42. The number of rotatable bonds is 3. The van der Waals surface area contributed by atoms with E-state index in [9.17, 15) is 0 Å². The van der Waals surface area contributed by atoms with Crippen LogP contribution in [0.5, 0.6) is 0 Å². The molecule has 2 aliphatic carbocycles. The average Bonchev–Trinajstić information content (AvgIpc) is 3.31. The molecule has 3 unspecified atom stereocenters. The van der Waals surface area contributed by atoms with Crippen LogP contribution in [0, 0.1) is 5.92 Å². The standard InChI is InChI=1S/C17H24N2/c1-17(14-7-8-14)12-19(10-9-18-17)16-11-15(16)13-5-3-2-4-6-13/h2-6,14-16,18H,7-12H2,1H3. The second kappa shape index (κ2) is 4.32. The van der Waals surface area contributed by atoms with Crippen molar-refractivity contribution in [2.75, 3.05) is 19.6 Å². The molecule has 1 aliphatic heterocycles. The van der Waals surface area contributed by atoms with Gasteiger partial charge in [0.05, 0.1) is 0 Å². The third-order valence-electron chi connectivity index (χ3n) is 5.39. The maximum absolute atomic E-state index is 3.78. The molecule has 3 fully saturated rings. The quantitative estimate of drug-likeness (QED) is 0.894. The topological polar surface area (TPSA) is 15.3 Å². The molecule has 0 bridgehead atoms. The fourth-order valence-electron chi connectivity index (χ4n) is 3.96. The molecule has 1 aromatic rings. The molecule has 0 amide bonds. The molecular formula is C17H24N2. The zero-order chi connectivity index (χ0) is 12.9. The number of piperazine rings is 1. The van der Waals surface area contributed by atoms with E-state index in [1.807, 2.05) is 0 Å². The first kappa shape index (κ1) is 11.9. The lowest BCUT2D eigenvalue weighted by molar-refractivity contribution is 0.119. The van der Waals surface area contributed by atoms with Crippen LogP contribution >= 0.6 is 0 Å². The van der Waals surface area contributed by atoms with Crippen LogP contribution in [0.4, 0.5) is 0 Å². The summed E-state index contributed by atoms with van der Waals surface area (Å²) in [6.45, 7) is 6.10. The van der Waals surface area contributed by atoms with Crippen molar-refractivity contribution in [3.05, 3.63) is 35.9 Å². The molecule has 19 heavy (non-hydrogen) atoms. The molecule has 2 heteroatoms. The van der Waals surface area contributed by atoms with E-state index in [4.69, 9.17) is 0 Å². The number of hydrogen-bond donors (Lipinski definition) is 1. The summed E-state index contributed by atoms with van der Waals surface area (Å²) in [6.07, 6.45) is 4.24. The van der Waals surface area contributed by atoms with E-state index in [2.05, 4.69) is 47.5 Å². The smallest absolute Gasteiger partial charge is 0.0309 e. The number of nitrogens with one attached hydrogen (secondary N) is 1. The molecule has 1 saturated heterocycles. The highest BCUT2D eigenvalue weighted by Crippen LogP contribution is 2.47. The average molecular weight is 256 g/mol. The first-order chi connectivity index (χ1) is 9.26. The minimum absolute atomic E-state index is 0.391. The van der Waals surface area contributed by atoms with Crippen LogP contribution in [-0.2, 0) is 0 Å². The summed E-state index contributed by atoms with van der Waals surface area (Å²) in [5.74, 6) is 1.73. The molecule has 4 rings (SSSR count). The van der Waals surface area contributed by atoms with Gasteiger partial charge in [-0.1, -0.05) is 30.3 Å². The van der Waals surface area contributed by atoms with Gasteiger partial charge in [0.25, 0.3) is 0 Å². The van der Waals surface area contributed by atoms with Crippen molar-refractivity contribution in [3.8, 4) is 0 Å². The highest BCUT2D eigenvalue weighted by atomic mass is 15.3. The molecule has 0 aromatic heterocycles. The fraction of sp³-hybridized carbons (Fsp3) is 0.647. The molecule has 0 spiro atoms. The Hall–Kier alpha value is -0.860. The lowest BCUT2D eigenvalue weighted by atomic mass is 9.92. The molecular weight excluding hydrogens is 232 g/mol. The molecule has 3 aliphatic rings. The van der Waals surface area contributed by atoms with Crippen LogP contribution in [0.1, 0.15) is 37.7 Å². The van der Waals surface area contributed by atoms with Gasteiger partial charge in [-0.15, -0.1) is 0 Å². The minimum atomic E-state index is 0.391. The van der Waals surface area contributed by atoms with Gasteiger partial charge in [0.1, 0.15) is 0 Å². The second-order valence-electron chi connectivity index (χ2n) is 6.91. The van der Waals surface area contributed by atoms with Gasteiger partial charge in [-0.3, -0.25) is 4.90 Å². The Morgan fingerprint density at radius 2 is 2.00 bits per heavy atom. The van der Waals surface area contributed by atoms with Gasteiger partial charge in [0.15, 0.2) is 0 Å². The van der Waals surface area contributed by atoms with Gasteiger partial charge in [-0.25, -0.2) is 0 Å². The normalized spacial score (nSPS) is 39.2. The lowest BCUT2D eigenvalue weighted by Crippen LogP contribution is -2.60. The van der Waals surface area contributed by atoms with Crippen molar-refractivity contribution in [2.24, 2.45) is 5.92 Å². The highest BCUT2D eigenvalue weighted by Gasteiger charge is 2.49. The summed E-state index contributed by atoms with van der Waals surface area (Å²) in [5, 5.41) is 3.78. The summed E-state index contributed by atoms with van der Waals surface area (Å²) < 4.78 is 0. The van der Waals surface area contributed by atoms with Crippen LogP contribution in [0.3, 0.4) is 0 Å². The summed E-state index contributed by atoms with van der Waals surface area (Å²) in [4.78, 5) is 2.76. The Bertz CT molecular complexity index is 454. The number of hydrogen-bond acceptors (Lipinski definition) is 2. The molecule has 1 aromatic carbocycles. The molecule has 0 radical (unpaired) electrons. The van der Waals surface area contributed by atoms with E-state index in [0.29, 0.717) is 5.54 Å².